The molecule has 1 saturated carbocycles. The van der Waals surface area contributed by atoms with Gasteiger partial charge >= 0.3 is 0 Å². The minimum absolute atomic E-state index is 0.189. The summed E-state index contributed by atoms with van der Waals surface area (Å²) in [6, 6.07) is 18.5. The Morgan fingerprint density at radius 2 is 1.79 bits per heavy atom. The summed E-state index contributed by atoms with van der Waals surface area (Å²) in [6.07, 6.45) is 2.56. The first-order valence-electron chi connectivity index (χ1n) is 6.85. The summed E-state index contributed by atoms with van der Waals surface area (Å²) in [5.41, 5.74) is 3.35. The van der Waals surface area contributed by atoms with E-state index in [2.05, 4.69) is 31.2 Å². The zero-order valence-corrected chi connectivity index (χ0v) is 11.2. The van der Waals surface area contributed by atoms with Gasteiger partial charge in [-0.05, 0) is 30.9 Å². The molecule has 1 fully saturated rings. The molecular formula is C18H18O. The van der Waals surface area contributed by atoms with Crippen molar-refractivity contribution in [3.8, 4) is 0 Å². The minimum atomic E-state index is -0.189. The third-order valence-corrected chi connectivity index (χ3v) is 4.06. The van der Waals surface area contributed by atoms with Crippen LogP contribution in [0.2, 0.25) is 0 Å². The highest BCUT2D eigenvalue weighted by Gasteiger charge is 2.50. The second-order valence-electron chi connectivity index (χ2n) is 5.54. The second kappa shape index (κ2) is 4.65. The Bertz CT molecular complexity index is 594. The Morgan fingerprint density at radius 3 is 2.42 bits per heavy atom. The molecule has 1 heteroatoms. The summed E-state index contributed by atoms with van der Waals surface area (Å²) in [4.78, 5) is 12.6. The van der Waals surface area contributed by atoms with Crippen molar-refractivity contribution >= 4 is 5.78 Å². The van der Waals surface area contributed by atoms with Gasteiger partial charge in [-0.15, -0.1) is 0 Å². The van der Waals surface area contributed by atoms with E-state index in [4.69, 9.17) is 0 Å². The van der Waals surface area contributed by atoms with Gasteiger partial charge < -0.3 is 0 Å². The normalized spacial score (nSPS) is 16.1. The summed E-state index contributed by atoms with van der Waals surface area (Å²) >= 11 is 0. The van der Waals surface area contributed by atoms with Crippen LogP contribution in [0.1, 0.15) is 29.5 Å². The van der Waals surface area contributed by atoms with Crippen LogP contribution in [-0.2, 0) is 16.6 Å². The summed E-state index contributed by atoms with van der Waals surface area (Å²) < 4.78 is 0. The Labute approximate surface area is 114 Å². The zero-order chi connectivity index (χ0) is 13.3. The molecule has 0 aliphatic heterocycles. The highest BCUT2D eigenvalue weighted by atomic mass is 16.1. The maximum Gasteiger partial charge on any atom is 0.147 e. The number of ketones is 1. The Hall–Kier alpha value is -1.89. The van der Waals surface area contributed by atoms with E-state index >= 15 is 0 Å². The van der Waals surface area contributed by atoms with Gasteiger partial charge in [0.05, 0.1) is 5.41 Å². The van der Waals surface area contributed by atoms with E-state index in [1.165, 1.54) is 11.1 Å². The molecule has 0 bridgehead atoms. The van der Waals surface area contributed by atoms with E-state index in [0.29, 0.717) is 12.2 Å². The number of hydrogen-bond donors (Lipinski definition) is 0. The lowest BCUT2D eigenvalue weighted by Gasteiger charge is -2.14. The smallest absolute Gasteiger partial charge is 0.147 e. The first-order chi connectivity index (χ1) is 9.21. The predicted octanol–water partition coefficient (Wildman–Crippen LogP) is 3.84. The molecule has 0 spiro atoms. The summed E-state index contributed by atoms with van der Waals surface area (Å²) in [6.45, 7) is 2.07. The molecule has 0 amide bonds. The lowest BCUT2D eigenvalue weighted by Crippen LogP contribution is -2.22. The lowest BCUT2D eigenvalue weighted by atomic mass is 9.88. The van der Waals surface area contributed by atoms with Gasteiger partial charge in [0, 0.05) is 6.42 Å². The predicted molar refractivity (Wildman–Crippen MR) is 77.2 cm³/mol. The topological polar surface area (TPSA) is 17.1 Å². The molecule has 1 aliphatic rings. The molecule has 1 aliphatic carbocycles. The van der Waals surface area contributed by atoms with Gasteiger partial charge in [0.25, 0.3) is 0 Å². The van der Waals surface area contributed by atoms with Crippen LogP contribution in [0.4, 0.5) is 0 Å². The maximum absolute atomic E-state index is 12.6. The van der Waals surface area contributed by atoms with Crippen LogP contribution in [0.5, 0.6) is 0 Å². The summed E-state index contributed by atoms with van der Waals surface area (Å²) in [5.74, 6) is 0.365. The number of carbonyl (C=O) groups excluding carboxylic acids is 1. The standard InChI is InChI=1S/C18H18O/c1-14-6-5-7-15(12-14)13-17(19)18(10-11-18)16-8-3-2-4-9-16/h2-9,12H,10-11,13H2,1H3. The fourth-order valence-corrected chi connectivity index (χ4v) is 2.79. The van der Waals surface area contributed by atoms with Crippen molar-refractivity contribution in [2.45, 2.75) is 31.6 Å². The summed E-state index contributed by atoms with van der Waals surface area (Å²) in [5, 5.41) is 0. The first-order valence-corrected chi connectivity index (χ1v) is 6.85. The molecule has 96 valence electrons. The monoisotopic (exact) mass is 250 g/mol. The molecule has 2 aromatic rings. The van der Waals surface area contributed by atoms with Crippen molar-refractivity contribution < 1.29 is 4.79 Å². The fraction of sp³-hybridized carbons (Fsp3) is 0.278. The first kappa shape index (κ1) is 12.2. The number of hydrogen-bond acceptors (Lipinski definition) is 1. The van der Waals surface area contributed by atoms with Gasteiger partial charge in [-0.25, -0.2) is 0 Å². The number of benzene rings is 2. The fourth-order valence-electron chi connectivity index (χ4n) is 2.79. The van der Waals surface area contributed by atoms with Gasteiger partial charge in [-0.1, -0.05) is 60.2 Å². The number of carbonyl (C=O) groups is 1. The van der Waals surface area contributed by atoms with Crippen molar-refractivity contribution in [2.24, 2.45) is 0 Å². The van der Waals surface area contributed by atoms with Crippen molar-refractivity contribution in [2.75, 3.05) is 0 Å². The van der Waals surface area contributed by atoms with Gasteiger partial charge in [0.15, 0.2) is 0 Å². The molecule has 0 atom stereocenters. The van der Waals surface area contributed by atoms with Crippen LogP contribution in [0.15, 0.2) is 54.6 Å². The molecule has 0 N–H and O–H groups in total. The van der Waals surface area contributed by atoms with Gasteiger partial charge in [-0.3, -0.25) is 4.79 Å². The third-order valence-electron chi connectivity index (χ3n) is 4.06. The van der Waals surface area contributed by atoms with Gasteiger partial charge in [0.2, 0.25) is 0 Å². The highest BCUT2D eigenvalue weighted by molar-refractivity contribution is 5.94. The maximum atomic E-state index is 12.6. The zero-order valence-electron chi connectivity index (χ0n) is 11.2. The molecule has 0 saturated heterocycles. The van der Waals surface area contributed by atoms with Crippen molar-refractivity contribution in [3.63, 3.8) is 0 Å². The van der Waals surface area contributed by atoms with Crippen LogP contribution in [0.25, 0.3) is 0 Å². The average molecular weight is 250 g/mol. The lowest BCUT2D eigenvalue weighted by molar-refractivity contribution is -0.120. The van der Waals surface area contributed by atoms with Crippen LogP contribution in [0, 0.1) is 6.92 Å². The SMILES string of the molecule is Cc1cccc(CC(=O)C2(c3ccccc3)CC2)c1. The molecule has 3 rings (SSSR count). The highest BCUT2D eigenvalue weighted by Crippen LogP contribution is 2.49. The van der Waals surface area contributed by atoms with Crippen LogP contribution in [-0.4, -0.2) is 5.78 Å². The van der Waals surface area contributed by atoms with Crippen LogP contribution in [0.3, 0.4) is 0 Å². The molecule has 19 heavy (non-hydrogen) atoms. The van der Waals surface area contributed by atoms with E-state index in [0.717, 1.165) is 18.4 Å². The number of aryl methyl sites for hydroxylation is 1. The molecule has 1 nitrogen and oxygen atoms in total. The average Bonchev–Trinajstić information content (AvgIpc) is 3.21. The summed E-state index contributed by atoms with van der Waals surface area (Å²) in [7, 11) is 0. The van der Waals surface area contributed by atoms with Crippen molar-refractivity contribution in [1.29, 1.82) is 0 Å². The molecule has 0 radical (unpaired) electrons. The Kier molecular flexibility index (Phi) is 2.98. The van der Waals surface area contributed by atoms with Gasteiger partial charge in [-0.2, -0.15) is 0 Å². The van der Waals surface area contributed by atoms with Crippen molar-refractivity contribution in [1.82, 2.24) is 0 Å². The quantitative estimate of drug-likeness (QED) is 0.805. The van der Waals surface area contributed by atoms with E-state index in [1.807, 2.05) is 30.3 Å². The van der Waals surface area contributed by atoms with Crippen LogP contribution < -0.4 is 0 Å². The Morgan fingerprint density at radius 1 is 1.05 bits per heavy atom. The molecule has 0 unspecified atom stereocenters. The third kappa shape index (κ3) is 2.33. The van der Waals surface area contributed by atoms with E-state index in [1.54, 1.807) is 0 Å². The number of Topliss-reactive ketones (excluding diaryl/α,β-unsaturated/α-hetero) is 1. The molecule has 0 heterocycles. The van der Waals surface area contributed by atoms with Gasteiger partial charge in [0.1, 0.15) is 5.78 Å². The largest absolute Gasteiger partial charge is 0.298 e. The molecular weight excluding hydrogens is 232 g/mol. The van der Waals surface area contributed by atoms with E-state index < -0.39 is 0 Å². The molecule has 2 aromatic carbocycles. The second-order valence-corrected chi connectivity index (χ2v) is 5.54. The van der Waals surface area contributed by atoms with Crippen molar-refractivity contribution in [3.05, 3.63) is 71.3 Å². The molecule has 0 aromatic heterocycles. The van der Waals surface area contributed by atoms with Crippen LogP contribution >= 0.6 is 0 Å². The van der Waals surface area contributed by atoms with E-state index in [-0.39, 0.29) is 5.41 Å². The van der Waals surface area contributed by atoms with E-state index in [9.17, 15) is 4.79 Å². The Balaban J connectivity index is 1.82. The minimum Gasteiger partial charge on any atom is -0.298 e. The number of rotatable bonds is 4.